The predicted octanol–water partition coefficient (Wildman–Crippen LogP) is 3.43. The van der Waals surface area contributed by atoms with E-state index < -0.39 is 0 Å². The molecule has 0 saturated carbocycles. The molecule has 0 fully saturated rings. The number of benzene rings is 1. The molecule has 9 nitrogen and oxygen atoms in total. The van der Waals surface area contributed by atoms with Crippen molar-refractivity contribution in [3.8, 4) is 11.4 Å². The van der Waals surface area contributed by atoms with Crippen molar-refractivity contribution in [3.05, 3.63) is 70.5 Å². The molecule has 0 saturated heterocycles. The van der Waals surface area contributed by atoms with Crippen molar-refractivity contribution in [1.29, 1.82) is 0 Å². The van der Waals surface area contributed by atoms with E-state index in [2.05, 4.69) is 20.2 Å². The summed E-state index contributed by atoms with van der Waals surface area (Å²) in [5, 5.41) is 10.8. The van der Waals surface area contributed by atoms with Gasteiger partial charge in [-0.2, -0.15) is 5.10 Å². The molecule has 154 valence electrons. The molecule has 3 aromatic heterocycles. The van der Waals surface area contributed by atoms with E-state index in [1.165, 1.54) is 17.7 Å². The second kappa shape index (κ2) is 8.46. The lowest BCUT2D eigenvalue weighted by atomic mass is 10.2. The van der Waals surface area contributed by atoms with Crippen LogP contribution < -0.4 is 4.74 Å². The number of hydrogen-bond acceptors (Lipinski definition) is 8. The summed E-state index contributed by atoms with van der Waals surface area (Å²) < 4.78 is 12.7. The molecule has 1 unspecified atom stereocenters. The first-order valence-electron chi connectivity index (χ1n) is 9.24. The Hall–Kier alpha value is -3.53. The van der Waals surface area contributed by atoms with E-state index in [1.54, 1.807) is 29.0 Å². The van der Waals surface area contributed by atoms with E-state index in [-0.39, 0.29) is 24.2 Å². The van der Waals surface area contributed by atoms with E-state index in [1.807, 2.05) is 43.5 Å². The molecule has 3 heterocycles. The first kappa shape index (κ1) is 19.8. The number of aromatic nitrogens is 5. The molecule has 0 aliphatic carbocycles. The van der Waals surface area contributed by atoms with Crippen molar-refractivity contribution in [2.45, 2.75) is 26.5 Å². The Balaban J connectivity index is 1.36. The molecule has 0 bridgehead atoms. The quantitative estimate of drug-likeness (QED) is 0.448. The lowest BCUT2D eigenvalue weighted by Gasteiger charge is -2.21. The zero-order valence-corrected chi connectivity index (χ0v) is 17.5. The molecule has 0 aliphatic heterocycles. The molecule has 1 amide bonds. The number of nitrogens with zero attached hydrogens (tertiary/aromatic N) is 6. The molecule has 4 rings (SSSR count). The highest BCUT2D eigenvalue weighted by Crippen LogP contribution is 2.24. The maximum Gasteiger partial charge on any atom is 0.276 e. The van der Waals surface area contributed by atoms with Crippen molar-refractivity contribution in [3.63, 3.8) is 0 Å². The molecule has 1 atom stereocenters. The molecule has 0 radical (unpaired) electrons. The third-order valence-electron chi connectivity index (χ3n) is 4.57. The highest BCUT2D eigenvalue weighted by Gasteiger charge is 2.24. The van der Waals surface area contributed by atoms with E-state index in [0.29, 0.717) is 11.5 Å². The van der Waals surface area contributed by atoms with E-state index in [0.717, 1.165) is 16.4 Å². The second-order valence-corrected chi connectivity index (χ2v) is 7.61. The summed E-state index contributed by atoms with van der Waals surface area (Å²) in [5.41, 5.74) is 2.05. The first-order valence-corrected chi connectivity index (χ1v) is 10.1. The van der Waals surface area contributed by atoms with Crippen LogP contribution in [0.1, 0.15) is 39.9 Å². The Labute approximate surface area is 176 Å². The third-order valence-corrected chi connectivity index (χ3v) is 5.71. The van der Waals surface area contributed by atoms with Gasteiger partial charge in [0.25, 0.3) is 5.91 Å². The largest absolute Gasteiger partial charge is 0.486 e. The Morgan fingerprint density at radius 3 is 2.80 bits per heavy atom. The third kappa shape index (κ3) is 4.23. The van der Waals surface area contributed by atoms with Gasteiger partial charge in [0.1, 0.15) is 30.0 Å². The van der Waals surface area contributed by atoms with Gasteiger partial charge in [0, 0.05) is 24.2 Å². The van der Waals surface area contributed by atoms with E-state index >= 15 is 0 Å². The van der Waals surface area contributed by atoms with Gasteiger partial charge in [-0.3, -0.25) is 4.79 Å². The number of thiazole rings is 1. The zero-order valence-electron chi connectivity index (χ0n) is 16.7. The van der Waals surface area contributed by atoms with Gasteiger partial charge in [0.2, 0.25) is 0 Å². The summed E-state index contributed by atoms with van der Waals surface area (Å²) in [6, 6.07) is 8.83. The normalized spacial score (nSPS) is 12.0. The van der Waals surface area contributed by atoms with Crippen LogP contribution in [0.5, 0.6) is 5.75 Å². The number of carbonyl (C=O) groups is 1. The number of amides is 1. The van der Waals surface area contributed by atoms with Crippen LogP contribution in [0.2, 0.25) is 0 Å². The number of rotatable bonds is 7. The van der Waals surface area contributed by atoms with Crippen LogP contribution in [0.25, 0.3) is 5.69 Å². The Bertz CT molecular complexity index is 1120. The predicted molar refractivity (Wildman–Crippen MR) is 110 cm³/mol. The van der Waals surface area contributed by atoms with Gasteiger partial charge in [-0.25, -0.2) is 14.6 Å². The number of ether oxygens (including phenoxy) is 1. The van der Waals surface area contributed by atoms with Gasteiger partial charge in [-0.15, -0.1) is 11.3 Å². The molecular weight excluding hydrogens is 404 g/mol. The fraction of sp³-hybridized carbons (Fsp3) is 0.250. The average molecular weight is 424 g/mol. The fourth-order valence-corrected chi connectivity index (χ4v) is 3.65. The highest BCUT2D eigenvalue weighted by atomic mass is 32.1. The topological polar surface area (TPSA) is 99.2 Å². The van der Waals surface area contributed by atoms with E-state index in [9.17, 15) is 4.79 Å². The highest BCUT2D eigenvalue weighted by molar-refractivity contribution is 7.09. The van der Waals surface area contributed by atoms with Crippen LogP contribution in [0.3, 0.4) is 0 Å². The van der Waals surface area contributed by atoms with Gasteiger partial charge in [-0.05, 0) is 38.1 Å². The van der Waals surface area contributed by atoms with Crippen molar-refractivity contribution < 1.29 is 14.1 Å². The number of carbonyl (C=O) groups excluding carboxylic acids is 1. The van der Waals surface area contributed by atoms with Gasteiger partial charge < -0.3 is 14.2 Å². The molecule has 0 aliphatic rings. The fourth-order valence-electron chi connectivity index (χ4n) is 2.76. The maximum atomic E-state index is 12.7. The number of hydrogen-bond donors (Lipinski definition) is 0. The van der Waals surface area contributed by atoms with Crippen molar-refractivity contribution >= 4 is 17.2 Å². The summed E-state index contributed by atoms with van der Waals surface area (Å²) in [6.07, 6.45) is 3.10. The molecule has 10 heteroatoms. The summed E-state index contributed by atoms with van der Waals surface area (Å²) in [5.74, 6) is 0.889. The van der Waals surface area contributed by atoms with E-state index in [4.69, 9.17) is 9.26 Å². The van der Waals surface area contributed by atoms with Gasteiger partial charge in [0.15, 0.2) is 11.5 Å². The molecule has 30 heavy (non-hydrogen) atoms. The van der Waals surface area contributed by atoms with Crippen LogP contribution in [-0.4, -0.2) is 42.8 Å². The lowest BCUT2D eigenvalue weighted by Crippen LogP contribution is -2.29. The second-order valence-electron chi connectivity index (χ2n) is 6.72. The van der Waals surface area contributed by atoms with Crippen LogP contribution in [0.4, 0.5) is 0 Å². The van der Waals surface area contributed by atoms with Crippen LogP contribution in [0, 0.1) is 6.92 Å². The van der Waals surface area contributed by atoms with Crippen molar-refractivity contribution in [2.24, 2.45) is 0 Å². The monoisotopic (exact) mass is 424 g/mol. The maximum absolute atomic E-state index is 12.7. The minimum Gasteiger partial charge on any atom is -0.486 e. The SMILES string of the molecule is Cc1csc(C(C)N(C)C(=O)c2cc(COc3ccc(-n4cncn4)cc3)on2)n1. The summed E-state index contributed by atoms with van der Waals surface area (Å²) in [4.78, 5) is 22.7. The van der Waals surface area contributed by atoms with Crippen LogP contribution >= 0.6 is 11.3 Å². The summed E-state index contributed by atoms with van der Waals surface area (Å²) in [7, 11) is 1.73. The van der Waals surface area contributed by atoms with Crippen molar-refractivity contribution in [2.75, 3.05) is 7.05 Å². The van der Waals surface area contributed by atoms with Crippen LogP contribution in [-0.2, 0) is 6.61 Å². The average Bonchev–Trinajstić information content (AvgIpc) is 3.53. The Morgan fingerprint density at radius 1 is 1.33 bits per heavy atom. The smallest absolute Gasteiger partial charge is 0.276 e. The Kier molecular flexibility index (Phi) is 5.57. The lowest BCUT2D eigenvalue weighted by molar-refractivity contribution is 0.0731. The van der Waals surface area contributed by atoms with Crippen molar-refractivity contribution in [1.82, 2.24) is 29.8 Å². The first-order chi connectivity index (χ1) is 14.5. The molecule has 0 spiro atoms. The zero-order chi connectivity index (χ0) is 21.1. The molecule has 4 aromatic rings. The summed E-state index contributed by atoms with van der Waals surface area (Å²) in [6.45, 7) is 4.03. The standard InChI is InChI=1S/C20H20N6O3S/c1-13-10-30-19(23-13)14(2)25(3)20(27)18-8-17(29-24-18)9-28-16-6-4-15(5-7-16)26-12-21-11-22-26/h4-8,10-12,14H,9H2,1-3H3. The van der Waals surface area contributed by atoms with Gasteiger partial charge >= 0.3 is 0 Å². The number of aryl methyl sites for hydroxylation is 1. The Morgan fingerprint density at radius 2 is 2.13 bits per heavy atom. The molecular formula is C20H20N6O3S. The van der Waals surface area contributed by atoms with Gasteiger partial charge in [-0.1, -0.05) is 5.16 Å². The van der Waals surface area contributed by atoms with Gasteiger partial charge in [0.05, 0.1) is 11.7 Å². The molecule has 1 aromatic carbocycles. The van der Waals surface area contributed by atoms with Crippen LogP contribution in [0.15, 0.2) is 52.9 Å². The minimum atomic E-state index is -0.234. The summed E-state index contributed by atoms with van der Waals surface area (Å²) >= 11 is 1.53. The minimum absolute atomic E-state index is 0.156. The molecule has 0 N–H and O–H groups in total.